The number of hydrogen-bond acceptors (Lipinski definition) is 3. The third-order valence-corrected chi connectivity index (χ3v) is 4.70. The molecule has 0 spiro atoms. The van der Waals surface area contributed by atoms with Crippen LogP contribution in [0, 0.1) is 0 Å². The number of hydrogen-bond donors (Lipinski definition) is 2. The molecule has 26 heavy (non-hydrogen) atoms. The van der Waals surface area contributed by atoms with E-state index in [0.717, 1.165) is 10.8 Å². The second-order valence-corrected chi connectivity index (χ2v) is 6.80. The molecule has 0 saturated carbocycles. The lowest BCUT2D eigenvalue weighted by atomic mass is 10.1. The molecular formula is C19H19N3O3S. The van der Waals surface area contributed by atoms with Gasteiger partial charge >= 0.3 is 6.03 Å². The minimum absolute atomic E-state index is 0.251. The lowest BCUT2D eigenvalue weighted by Gasteiger charge is -2.20. The normalized spacial score (nSPS) is 10.7. The number of carbonyl (C=O) groups is 1. The Morgan fingerprint density at radius 3 is 2.19 bits per heavy atom. The van der Waals surface area contributed by atoms with Crippen LogP contribution in [0.4, 0.5) is 21.9 Å². The van der Waals surface area contributed by atoms with E-state index in [4.69, 9.17) is 0 Å². The van der Waals surface area contributed by atoms with E-state index in [1.807, 2.05) is 36.4 Å². The van der Waals surface area contributed by atoms with Crippen LogP contribution in [-0.4, -0.2) is 33.4 Å². The molecule has 0 aliphatic carbocycles. The van der Waals surface area contributed by atoms with Crippen molar-refractivity contribution in [3.8, 4) is 0 Å². The molecule has 6 nitrogen and oxygen atoms in total. The zero-order valence-corrected chi connectivity index (χ0v) is 15.3. The van der Waals surface area contributed by atoms with Crippen LogP contribution in [0.2, 0.25) is 0 Å². The van der Waals surface area contributed by atoms with Crippen LogP contribution in [0.5, 0.6) is 0 Å². The summed E-state index contributed by atoms with van der Waals surface area (Å²) in [5, 5.41) is 4.53. The van der Waals surface area contributed by atoms with Crippen molar-refractivity contribution in [1.82, 2.24) is 4.90 Å². The summed E-state index contributed by atoms with van der Waals surface area (Å²) in [6.45, 7) is 0. The summed E-state index contributed by atoms with van der Waals surface area (Å²) in [4.78, 5) is 13.1. The summed E-state index contributed by atoms with van der Waals surface area (Å²) in [6.07, 6.45) is 0. The van der Waals surface area contributed by atoms with E-state index in [1.54, 1.807) is 44.4 Å². The van der Waals surface area contributed by atoms with Crippen LogP contribution in [0.3, 0.4) is 0 Å². The summed E-state index contributed by atoms with van der Waals surface area (Å²) < 4.78 is 25.2. The molecule has 0 saturated heterocycles. The number of rotatable bonds is 4. The number of fused-ring (bicyclic) bond motifs is 1. The first-order chi connectivity index (χ1) is 12.5. The molecule has 7 heteroatoms. The minimum atomic E-state index is -2.89. The molecule has 0 unspecified atom stereocenters. The standard InChI is InChI=1S/C19H19N3O3S/c1-21(2)19(23)20-15-10-12-16(13-11-15)22(26(24)25)18-9-5-7-14-6-3-4-8-17(14)18/h3-13,26H,1-2H3,(H,20,23). The Hall–Kier alpha value is -3.06. The van der Waals surface area contributed by atoms with Gasteiger partial charge in [-0.05, 0) is 35.7 Å². The predicted molar refractivity (Wildman–Crippen MR) is 106 cm³/mol. The van der Waals surface area contributed by atoms with Gasteiger partial charge in [-0.2, -0.15) is 0 Å². The van der Waals surface area contributed by atoms with Crippen molar-refractivity contribution in [1.29, 1.82) is 0 Å². The lowest BCUT2D eigenvalue weighted by Crippen LogP contribution is -2.27. The quantitative estimate of drug-likeness (QED) is 0.691. The number of urea groups is 1. The second kappa shape index (κ2) is 7.45. The first kappa shape index (κ1) is 17.8. The van der Waals surface area contributed by atoms with Crippen molar-refractivity contribution in [2.45, 2.75) is 0 Å². The van der Waals surface area contributed by atoms with Crippen LogP contribution in [-0.2, 0) is 10.9 Å². The Morgan fingerprint density at radius 2 is 1.54 bits per heavy atom. The van der Waals surface area contributed by atoms with Gasteiger partial charge in [0.05, 0.1) is 11.4 Å². The van der Waals surface area contributed by atoms with E-state index >= 15 is 0 Å². The molecule has 0 aliphatic rings. The molecule has 0 bridgehead atoms. The van der Waals surface area contributed by atoms with Crippen molar-refractivity contribution in [3.05, 3.63) is 66.7 Å². The third-order valence-electron chi connectivity index (χ3n) is 3.93. The summed E-state index contributed by atoms with van der Waals surface area (Å²) >= 11 is 0. The second-order valence-electron chi connectivity index (χ2n) is 5.92. The SMILES string of the molecule is CN(C)C(=O)Nc1ccc(N(c2cccc3ccccc23)[SH](=O)=O)cc1. The molecule has 134 valence electrons. The van der Waals surface area contributed by atoms with E-state index in [2.05, 4.69) is 5.32 Å². The van der Waals surface area contributed by atoms with E-state index in [0.29, 0.717) is 17.1 Å². The monoisotopic (exact) mass is 369 g/mol. The van der Waals surface area contributed by atoms with Crippen LogP contribution in [0.25, 0.3) is 10.8 Å². The van der Waals surface area contributed by atoms with Gasteiger partial charge in [0, 0.05) is 25.2 Å². The maximum Gasteiger partial charge on any atom is 0.321 e. The van der Waals surface area contributed by atoms with Crippen molar-refractivity contribution < 1.29 is 13.2 Å². The fourth-order valence-corrected chi connectivity index (χ4v) is 3.31. The van der Waals surface area contributed by atoms with Crippen molar-refractivity contribution in [3.63, 3.8) is 0 Å². The number of amides is 2. The van der Waals surface area contributed by atoms with Gasteiger partial charge in [-0.1, -0.05) is 36.4 Å². The van der Waals surface area contributed by atoms with E-state index in [9.17, 15) is 13.2 Å². The van der Waals surface area contributed by atoms with Gasteiger partial charge in [0.25, 0.3) is 0 Å². The summed E-state index contributed by atoms with van der Waals surface area (Å²) in [5.41, 5.74) is 1.68. The highest BCUT2D eigenvalue weighted by molar-refractivity contribution is 7.74. The topological polar surface area (TPSA) is 69.7 Å². The molecule has 3 aromatic rings. The zero-order chi connectivity index (χ0) is 18.7. The summed E-state index contributed by atoms with van der Waals surface area (Å²) in [5.74, 6) is 0. The average molecular weight is 369 g/mol. The van der Waals surface area contributed by atoms with Gasteiger partial charge in [0.1, 0.15) is 0 Å². The van der Waals surface area contributed by atoms with Gasteiger partial charge in [-0.15, -0.1) is 0 Å². The molecular weight excluding hydrogens is 350 g/mol. The Bertz CT molecular complexity index is 1000. The van der Waals surface area contributed by atoms with Gasteiger partial charge < -0.3 is 10.2 Å². The van der Waals surface area contributed by atoms with Gasteiger partial charge in [-0.25, -0.2) is 17.5 Å². The largest absolute Gasteiger partial charge is 0.331 e. The fraction of sp³-hybridized carbons (Fsp3) is 0.105. The number of benzene rings is 3. The highest BCUT2D eigenvalue weighted by atomic mass is 32.2. The highest BCUT2D eigenvalue weighted by Crippen LogP contribution is 2.33. The molecule has 3 aromatic carbocycles. The number of thiol groups is 1. The van der Waals surface area contributed by atoms with E-state index in [1.165, 1.54) is 9.21 Å². The Labute approximate surface area is 153 Å². The maximum absolute atomic E-state index is 12.0. The van der Waals surface area contributed by atoms with Crippen molar-refractivity contribution >= 4 is 44.8 Å². The maximum atomic E-state index is 12.0. The fourth-order valence-electron chi connectivity index (χ4n) is 2.64. The number of carbonyl (C=O) groups excluding carboxylic acids is 1. The Kier molecular flexibility index (Phi) is 5.09. The molecule has 2 amide bonds. The van der Waals surface area contributed by atoms with Gasteiger partial charge in [-0.3, -0.25) is 0 Å². The molecule has 0 atom stereocenters. The first-order valence-electron chi connectivity index (χ1n) is 7.98. The van der Waals surface area contributed by atoms with Gasteiger partial charge in [0.15, 0.2) is 0 Å². The summed E-state index contributed by atoms with van der Waals surface area (Å²) in [7, 11) is 0.405. The molecule has 0 aliphatic heterocycles. The molecule has 3 rings (SSSR count). The first-order valence-corrected chi connectivity index (χ1v) is 9.11. The van der Waals surface area contributed by atoms with Crippen LogP contribution in [0.15, 0.2) is 66.7 Å². The Morgan fingerprint density at radius 1 is 0.885 bits per heavy atom. The van der Waals surface area contributed by atoms with Crippen molar-refractivity contribution in [2.75, 3.05) is 23.7 Å². The minimum Gasteiger partial charge on any atom is -0.331 e. The predicted octanol–water partition coefficient (Wildman–Crippen LogP) is 3.60. The average Bonchev–Trinajstić information content (AvgIpc) is 2.63. The van der Waals surface area contributed by atoms with E-state index in [-0.39, 0.29) is 6.03 Å². The van der Waals surface area contributed by atoms with Crippen LogP contribution >= 0.6 is 0 Å². The van der Waals surface area contributed by atoms with E-state index < -0.39 is 10.9 Å². The lowest BCUT2D eigenvalue weighted by molar-refractivity contribution is 0.230. The number of nitrogens with zero attached hydrogens (tertiary/aromatic N) is 2. The molecule has 0 fully saturated rings. The number of nitrogens with one attached hydrogen (secondary N) is 1. The van der Waals surface area contributed by atoms with Crippen molar-refractivity contribution in [2.24, 2.45) is 0 Å². The number of anilines is 3. The van der Waals surface area contributed by atoms with Crippen LogP contribution < -0.4 is 9.62 Å². The smallest absolute Gasteiger partial charge is 0.321 e. The third kappa shape index (κ3) is 3.62. The van der Waals surface area contributed by atoms with Gasteiger partial charge in [0.2, 0.25) is 10.9 Å². The Balaban J connectivity index is 2.00. The summed E-state index contributed by atoms with van der Waals surface area (Å²) in [6, 6.07) is 19.6. The molecule has 0 radical (unpaired) electrons. The molecule has 0 heterocycles. The molecule has 0 aromatic heterocycles. The zero-order valence-electron chi connectivity index (χ0n) is 14.4. The molecule has 1 N–H and O–H groups in total. The van der Waals surface area contributed by atoms with Crippen LogP contribution in [0.1, 0.15) is 0 Å². The highest BCUT2D eigenvalue weighted by Gasteiger charge is 2.15.